The fourth-order valence-electron chi connectivity index (χ4n) is 3.13. The SMILES string of the molecule is CN(CCc1ccncc1)C(=O)NC1CCCc2ccc(F)cc21. The van der Waals surface area contributed by atoms with Gasteiger partial charge in [0.1, 0.15) is 5.82 Å². The predicted octanol–water partition coefficient (Wildman–Crippen LogP) is 3.48. The first-order chi connectivity index (χ1) is 11.6. The quantitative estimate of drug-likeness (QED) is 0.934. The Morgan fingerprint density at radius 3 is 2.92 bits per heavy atom. The average molecular weight is 327 g/mol. The minimum absolute atomic E-state index is 0.111. The van der Waals surface area contributed by atoms with Gasteiger partial charge in [-0.25, -0.2) is 9.18 Å². The molecule has 126 valence electrons. The molecule has 5 heteroatoms. The number of nitrogens with one attached hydrogen (secondary N) is 1. The number of halogens is 1. The number of carbonyl (C=O) groups is 1. The topological polar surface area (TPSA) is 45.2 Å². The van der Waals surface area contributed by atoms with E-state index >= 15 is 0 Å². The van der Waals surface area contributed by atoms with E-state index in [0.29, 0.717) is 6.54 Å². The van der Waals surface area contributed by atoms with Gasteiger partial charge in [-0.15, -0.1) is 0 Å². The summed E-state index contributed by atoms with van der Waals surface area (Å²) in [6, 6.07) is 8.54. The van der Waals surface area contributed by atoms with Gasteiger partial charge in [-0.2, -0.15) is 0 Å². The van der Waals surface area contributed by atoms with Crippen molar-refractivity contribution in [3.63, 3.8) is 0 Å². The lowest BCUT2D eigenvalue weighted by Crippen LogP contribution is -2.41. The molecule has 1 heterocycles. The van der Waals surface area contributed by atoms with Gasteiger partial charge >= 0.3 is 6.03 Å². The smallest absolute Gasteiger partial charge is 0.317 e. The fraction of sp³-hybridized carbons (Fsp3) is 0.368. The maximum atomic E-state index is 13.5. The van der Waals surface area contributed by atoms with Crippen molar-refractivity contribution < 1.29 is 9.18 Å². The van der Waals surface area contributed by atoms with E-state index in [4.69, 9.17) is 0 Å². The van der Waals surface area contributed by atoms with Gasteiger partial charge in [-0.05, 0) is 66.6 Å². The van der Waals surface area contributed by atoms with Crippen LogP contribution in [0.1, 0.15) is 35.6 Å². The van der Waals surface area contributed by atoms with Crippen molar-refractivity contribution in [2.24, 2.45) is 0 Å². The zero-order valence-electron chi connectivity index (χ0n) is 13.8. The lowest BCUT2D eigenvalue weighted by molar-refractivity contribution is 0.203. The molecule has 0 saturated carbocycles. The number of urea groups is 1. The second-order valence-electron chi connectivity index (χ2n) is 6.26. The zero-order valence-corrected chi connectivity index (χ0v) is 13.8. The van der Waals surface area contributed by atoms with Crippen LogP contribution in [0.4, 0.5) is 9.18 Å². The van der Waals surface area contributed by atoms with Crippen LogP contribution in [0.15, 0.2) is 42.7 Å². The van der Waals surface area contributed by atoms with Crippen LogP contribution < -0.4 is 5.32 Å². The van der Waals surface area contributed by atoms with Crippen LogP contribution in [0.3, 0.4) is 0 Å². The van der Waals surface area contributed by atoms with Gasteiger partial charge in [0.05, 0.1) is 6.04 Å². The third-order valence-corrected chi connectivity index (χ3v) is 4.55. The number of aromatic nitrogens is 1. The molecule has 1 atom stereocenters. The lowest BCUT2D eigenvalue weighted by Gasteiger charge is -2.28. The van der Waals surface area contributed by atoms with Gasteiger partial charge in [0.2, 0.25) is 0 Å². The Hall–Kier alpha value is -2.43. The molecule has 1 aromatic heterocycles. The minimum Gasteiger partial charge on any atom is -0.331 e. The molecule has 0 radical (unpaired) electrons. The number of benzene rings is 1. The van der Waals surface area contributed by atoms with Crippen LogP contribution in [0.5, 0.6) is 0 Å². The largest absolute Gasteiger partial charge is 0.331 e. The number of amides is 2. The fourth-order valence-corrected chi connectivity index (χ4v) is 3.13. The number of likely N-dealkylation sites (N-methyl/N-ethyl adjacent to an activating group) is 1. The normalized spacial score (nSPS) is 16.3. The Morgan fingerprint density at radius 2 is 2.12 bits per heavy atom. The first-order valence-corrected chi connectivity index (χ1v) is 8.32. The van der Waals surface area contributed by atoms with E-state index in [1.807, 2.05) is 18.2 Å². The predicted molar refractivity (Wildman–Crippen MR) is 91.2 cm³/mol. The minimum atomic E-state index is -0.249. The first kappa shape index (κ1) is 16.4. The summed E-state index contributed by atoms with van der Waals surface area (Å²) >= 11 is 0. The summed E-state index contributed by atoms with van der Waals surface area (Å²) in [6.45, 7) is 0.624. The maximum Gasteiger partial charge on any atom is 0.317 e. The van der Waals surface area contributed by atoms with Crippen molar-refractivity contribution in [2.75, 3.05) is 13.6 Å². The highest BCUT2D eigenvalue weighted by Gasteiger charge is 2.23. The van der Waals surface area contributed by atoms with E-state index in [2.05, 4.69) is 10.3 Å². The molecule has 1 N–H and O–H groups in total. The van der Waals surface area contributed by atoms with Crippen LogP contribution in [0.2, 0.25) is 0 Å². The molecule has 0 aliphatic heterocycles. The van der Waals surface area contributed by atoms with Crippen LogP contribution in [-0.4, -0.2) is 29.5 Å². The molecule has 4 nitrogen and oxygen atoms in total. The van der Waals surface area contributed by atoms with Crippen molar-refractivity contribution in [3.8, 4) is 0 Å². The molecule has 1 aromatic carbocycles. The van der Waals surface area contributed by atoms with Gasteiger partial charge < -0.3 is 10.2 Å². The monoisotopic (exact) mass is 327 g/mol. The Kier molecular flexibility index (Phi) is 5.08. The zero-order chi connectivity index (χ0) is 16.9. The van der Waals surface area contributed by atoms with Crippen molar-refractivity contribution >= 4 is 6.03 Å². The van der Waals surface area contributed by atoms with E-state index in [-0.39, 0.29) is 17.9 Å². The molecular weight excluding hydrogens is 305 g/mol. The summed E-state index contributed by atoms with van der Waals surface area (Å²) in [5.74, 6) is -0.249. The van der Waals surface area contributed by atoms with Crippen LogP contribution in [0, 0.1) is 5.82 Å². The van der Waals surface area contributed by atoms with E-state index in [0.717, 1.165) is 42.4 Å². The summed E-state index contributed by atoms with van der Waals surface area (Å²) in [4.78, 5) is 18.1. The van der Waals surface area contributed by atoms with Crippen molar-refractivity contribution in [1.82, 2.24) is 15.2 Å². The standard InChI is InChI=1S/C19H22FN3O/c1-23(12-9-14-7-10-21-11-8-14)19(24)22-18-4-2-3-15-5-6-16(20)13-17(15)18/h5-8,10-11,13,18H,2-4,9,12H2,1H3,(H,22,24). The number of rotatable bonds is 4. The lowest BCUT2D eigenvalue weighted by atomic mass is 9.87. The van der Waals surface area contributed by atoms with Gasteiger partial charge in [0, 0.05) is 26.0 Å². The summed E-state index contributed by atoms with van der Waals surface area (Å²) in [5, 5.41) is 3.05. The number of fused-ring (bicyclic) bond motifs is 1. The molecule has 1 unspecified atom stereocenters. The second kappa shape index (κ2) is 7.43. The number of hydrogen-bond donors (Lipinski definition) is 1. The van der Waals surface area contributed by atoms with Crippen LogP contribution in [-0.2, 0) is 12.8 Å². The van der Waals surface area contributed by atoms with Gasteiger partial charge in [0.15, 0.2) is 0 Å². The Balaban J connectivity index is 1.60. The maximum absolute atomic E-state index is 13.5. The highest BCUT2D eigenvalue weighted by atomic mass is 19.1. The van der Waals surface area contributed by atoms with Crippen molar-refractivity contribution in [3.05, 3.63) is 65.2 Å². The van der Waals surface area contributed by atoms with Crippen molar-refractivity contribution in [2.45, 2.75) is 31.7 Å². The highest BCUT2D eigenvalue weighted by Crippen LogP contribution is 2.30. The molecule has 2 amide bonds. The molecule has 2 aromatic rings. The number of pyridine rings is 1. The number of carbonyl (C=O) groups excluding carboxylic acids is 1. The number of aryl methyl sites for hydroxylation is 1. The van der Waals surface area contributed by atoms with Crippen molar-refractivity contribution in [1.29, 1.82) is 0 Å². The van der Waals surface area contributed by atoms with E-state index in [9.17, 15) is 9.18 Å². The molecule has 0 spiro atoms. The molecule has 0 fully saturated rings. The Bertz CT molecular complexity index is 705. The summed E-state index contributed by atoms with van der Waals surface area (Å²) < 4.78 is 13.5. The Labute approximate surface area is 141 Å². The third kappa shape index (κ3) is 3.91. The summed E-state index contributed by atoms with van der Waals surface area (Å²) in [6.07, 6.45) is 7.08. The highest BCUT2D eigenvalue weighted by molar-refractivity contribution is 5.74. The molecule has 0 bridgehead atoms. The van der Waals surface area contributed by atoms with Crippen LogP contribution >= 0.6 is 0 Å². The molecule has 0 saturated heterocycles. The number of nitrogens with zero attached hydrogens (tertiary/aromatic N) is 2. The van der Waals surface area contributed by atoms with Crippen LogP contribution in [0.25, 0.3) is 0 Å². The van der Waals surface area contributed by atoms with E-state index in [1.54, 1.807) is 30.4 Å². The van der Waals surface area contributed by atoms with E-state index < -0.39 is 0 Å². The average Bonchev–Trinajstić information content (AvgIpc) is 2.61. The molecule has 1 aliphatic rings. The number of hydrogen-bond acceptors (Lipinski definition) is 2. The third-order valence-electron chi connectivity index (χ3n) is 4.55. The summed E-state index contributed by atoms with van der Waals surface area (Å²) in [7, 11) is 1.78. The summed E-state index contributed by atoms with van der Waals surface area (Å²) in [5.41, 5.74) is 3.19. The second-order valence-corrected chi connectivity index (χ2v) is 6.26. The molecule has 3 rings (SSSR count). The molecular formula is C19H22FN3O. The Morgan fingerprint density at radius 1 is 1.33 bits per heavy atom. The first-order valence-electron chi connectivity index (χ1n) is 8.32. The van der Waals surface area contributed by atoms with E-state index in [1.165, 1.54) is 6.07 Å². The van der Waals surface area contributed by atoms with Gasteiger partial charge in [0.25, 0.3) is 0 Å². The van der Waals surface area contributed by atoms with Gasteiger partial charge in [-0.1, -0.05) is 6.07 Å². The van der Waals surface area contributed by atoms with Gasteiger partial charge in [-0.3, -0.25) is 4.98 Å². The molecule has 24 heavy (non-hydrogen) atoms. The molecule has 1 aliphatic carbocycles.